The third-order valence-corrected chi connectivity index (χ3v) is 5.83. The molecule has 1 aromatic rings. The van der Waals surface area contributed by atoms with Crippen molar-refractivity contribution < 1.29 is 14.3 Å². The minimum atomic E-state index is -0.310. The maximum Gasteiger partial charge on any atom is 0.350 e. The van der Waals surface area contributed by atoms with Gasteiger partial charge in [0.2, 0.25) is 0 Å². The topological polar surface area (TPSA) is 88.1 Å². The molecule has 0 aliphatic carbocycles. The van der Waals surface area contributed by atoms with Crippen molar-refractivity contribution in [1.82, 2.24) is 20.5 Å². The number of esters is 1. The highest BCUT2D eigenvalue weighted by Crippen LogP contribution is 2.24. The van der Waals surface area contributed by atoms with Gasteiger partial charge in [-0.05, 0) is 26.7 Å². The number of hydrogen-bond donors (Lipinski definition) is 2. The zero-order valence-electron chi connectivity index (χ0n) is 18.0. The van der Waals surface area contributed by atoms with Crippen LogP contribution in [0.3, 0.4) is 0 Å². The number of aliphatic imine (C=N–C) groups is 1. The molecule has 1 aliphatic rings. The second kappa shape index (κ2) is 13.3. The molecular weight excluding hydrogens is 505 g/mol. The molecule has 8 nitrogen and oxygen atoms in total. The van der Waals surface area contributed by atoms with Gasteiger partial charge in [-0.15, -0.1) is 35.3 Å². The molecule has 0 radical (unpaired) electrons. The van der Waals surface area contributed by atoms with E-state index >= 15 is 0 Å². The molecule has 2 atom stereocenters. The van der Waals surface area contributed by atoms with Crippen LogP contribution in [0, 0.1) is 12.8 Å². The minimum Gasteiger partial charge on any atom is -0.462 e. The zero-order chi connectivity index (χ0) is 20.5. The van der Waals surface area contributed by atoms with E-state index in [0.717, 1.165) is 50.4 Å². The Bertz CT molecular complexity index is 664. The van der Waals surface area contributed by atoms with E-state index in [1.807, 2.05) is 13.8 Å². The Morgan fingerprint density at radius 1 is 1.38 bits per heavy atom. The SMILES string of the molecule is CCOC(=O)c1sc(C(C)NC(=NC)NCC(C)CN2CCOCC2)nc1C.I. The first-order valence-electron chi connectivity index (χ1n) is 9.86. The first kappa shape index (κ1) is 26.1. The van der Waals surface area contributed by atoms with E-state index in [1.165, 1.54) is 11.3 Å². The van der Waals surface area contributed by atoms with Crippen LogP contribution in [0.4, 0.5) is 0 Å². The molecule has 1 fully saturated rings. The number of aryl methyl sites for hydroxylation is 1. The molecule has 2 N–H and O–H groups in total. The average Bonchev–Trinajstić information content (AvgIpc) is 3.08. The summed E-state index contributed by atoms with van der Waals surface area (Å²) >= 11 is 1.37. The molecule has 0 spiro atoms. The van der Waals surface area contributed by atoms with Gasteiger partial charge < -0.3 is 20.1 Å². The van der Waals surface area contributed by atoms with E-state index in [1.54, 1.807) is 14.0 Å². The van der Waals surface area contributed by atoms with Crippen LogP contribution in [-0.2, 0) is 9.47 Å². The smallest absolute Gasteiger partial charge is 0.350 e. The van der Waals surface area contributed by atoms with Crippen LogP contribution in [0.25, 0.3) is 0 Å². The molecule has 2 rings (SSSR count). The lowest BCUT2D eigenvalue weighted by Crippen LogP contribution is -2.44. The summed E-state index contributed by atoms with van der Waals surface area (Å²) in [5.41, 5.74) is 0.703. The van der Waals surface area contributed by atoms with Crippen LogP contribution >= 0.6 is 35.3 Å². The third kappa shape index (κ3) is 8.35. The van der Waals surface area contributed by atoms with Crippen LogP contribution in [0.5, 0.6) is 0 Å². The number of ether oxygens (including phenoxy) is 2. The van der Waals surface area contributed by atoms with E-state index < -0.39 is 0 Å². The fourth-order valence-corrected chi connectivity index (χ4v) is 3.97. The molecule has 2 unspecified atom stereocenters. The normalized spacial score (nSPS) is 17.2. The number of thiazole rings is 1. The lowest BCUT2D eigenvalue weighted by atomic mass is 10.1. The number of rotatable bonds is 8. The largest absolute Gasteiger partial charge is 0.462 e. The first-order valence-corrected chi connectivity index (χ1v) is 10.7. The monoisotopic (exact) mass is 539 g/mol. The van der Waals surface area contributed by atoms with Crippen molar-refractivity contribution in [1.29, 1.82) is 0 Å². The van der Waals surface area contributed by atoms with Crippen molar-refractivity contribution in [3.05, 3.63) is 15.6 Å². The van der Waals surface area contributed by atoms with E-state index in [4.69, 9.17) is 9.47 Å². The van der Waals surface area contributed by atoms with Crippen molar-refractivity contribution in [3.63, 3.8) is 0 Å². The number of aromatic nitrogens is 1. The highest BCUT2D eigenvalue weighted by molar-refractivity contribution is 14.0. The fraction of sp³-hybridized carbons (Fsp3) is 0.737. The molecule has 1 saturated heterocycles. The number of morpholine rings is 1. The first-order chi connectivity index (χ1) is 13.4. The van der Waals surface area contributed by atoms with Gasteiger partial charge in [0.15, 0.2) is 5.96 Å². The molecule has 10 heteroatoms. The van der Waals surface area contributed by atoms with E-state index in [-0.39, 0.29) is 36.0 Å². The molecule has 0 aromatic carbocycles. The van der Waals surface area contributed by atoms with Gasteiger partial charge in [-0.25, -0.2) is 9.78 Å². The average molecular weight is 539 g/mol. The molecule has 1 aromatic heterocycles. The highest BCUT2D eigenvalue weighted by atomic mass is 127. The number of nitrogens with zero attached hydrogens (tertiary/aromatic N) is 3. The van der Waals surface area contributed by atoms with Gasteiger partial charge >= 0.3 is 5.97 Å². The van der Waals surface area contributed by atoms with Gasteiger partial charge in [0.1, 0.15) is 9.88 Å². The molecule has 0 bridgehead atoms. The number of carbonyl (C=O) groups is 1. The Morgan fingerprint density at radius 2 is 2.07 bits per heavy atom. The Hall–Kier alpha value is -0.980. The fourth-order valence-electron chi connectivity index (χ4n) is 3.01. The van der Waals surface area contributed by atoms with Gasteiger partial charge in [0.25, 0.3) is 0 Å². The van der Waals surface area contributed by atoms with Crippen LogP contribution < -0.4 is 10.6 Å². The molecular formula is C19H34IN5O3S. The molecule has 2 heterocycles. The lowest BCUT2D eigenvalue weighted by Gasteiger charge is -2.29. The summed E-state index contributed by atoms with van der Waals surface area (Å²) in [6.07, 6.45) is 0. The van der Waals surface area contributed by atoms with Crippen LogP contribution in [0.1, 0.15) is 47.2 Å². The zero-order valence-corrected chi connectivity index (χ0v) is 21.1. The predicted molar refractivity (Wildman–Crippen MR) is 128 cm³/mol. The number of carbonyl (C=O) groups excluding carboxylic acids is 1. The Kier molecular flexibility index (Phi) is 12.0. The number of hydrogen-bond acceptors (Lipinski definition) is 7. The Morgan fingerprint density at radius 3 is 2.69 bits per heavy atom. The molecule has 29 heavy (non-hydrogen) atoms. The van der Waals surface area contributed by atoms with Crippen molar-refractivity contribution in [3.8, 4) is 0 Å². The summed E-state index contributed by atoms with van der Waals surface area (Å²) in [7, 11) is 1.76. The number of guanidine groups is 1. The summed E-state index contributed by atoms with van der Waals surface area (Å²) < 4.78 is 10.5. The maximum absolute atomic E-state index is 12.0. The standard InChI is InChI=1S/C19H33N5O3S.HI/c1-6-27-18(25)16-14(3)22-17(28-16)15(4)23-19(20-5)21-11-13(2)12-24-7-9-26-10-8-24;/h13,15H,6-12H2,1-5H3,(H2,20,21,23);1H. The summed E-state index contributed by atoms with van der Waals surface area (Å²) in [6.45, 7) is 13.7. The molecule has 166 valence electrons. The summed E-state index contributed by atoms with van der Waals surface area (Å²) in [5.74, 6) is 0.909. The second-order valence-corrected chi connectivity index (χ2v) is 8.06. The summed E-state index contributed by atoms with van der Waals surface area (Å²) in [5, 5.41) is 7.58. The third-order valence-electron chi connectivity index (χ3n) is 4.51. The summed E-state index contributed by atoms with van der Waals surface area (Å²) in [4.78, 5) is 23.8. The summed E-state index contributed by atoms with van der Waals surface area (Å²) in [6, 6.07) is -0.0624. The maximum atomic E-state index is 12.0. The Labute approximate surface area is 194 Å². The van der Waals surface area contributed by atoms with Crippen molar-refractivity contribution >= 4 is 47.2 Å². The molecule has 1 aliphatic heterocycles. The van der Waals surface area contributed by atoms with Crippen LogP contribution in [0.15, 0.2) is 4.99 Å². The van der Waals surface area contributed by atoms with E-state index in [2.05, 4.69) is 32.4 Å². The number of halogens is 1. The number of nitrogens with one attached hydrogen (secondary N) is 2. The lowest BCUT2D eigenvalue weighted by molar-refractivity contribution is 0.0320. The van der Waals surface area contributed by atoms with Crippen LogP contribution in [0.2, 0.25) is 0 Å². The highest BCUT2D eigenvalue weighted by Gasteiger charge is 2.20. The van der Waals surface area contributed by atoms with E-state index in [0.29, 0.717) is 23.1 Å². The van der Waals surface area contributed by atoms with Gasteiger partial charge in [-0.1, -0.05) is 6.92 Å². The Balaban J connectivity index is 0.00000420. The van der Waals surface area contributed by atoms with E-state index in [9.17, 15) is 4.79 Å². The van der Waals surface area contributed by atoms with Crippen molar-refractivity contribution in [2.75, 3.05) is 53.0 Å². The predicted octanol–water partition coefficient (Wildman–Crippen LogP) is 2.44. The van der Waals surface area contributed by atoms with Gasteiger partial charge in [0, 0.05) is 33.2 Å². The van der Waals surface area contributed by atoms with Gasteiger partial charge in [-0.2, -0.15) is 0 Å². The quantitative estimate of drug-likeness (QED) is 0.227. The molecule has 0 saturated carbocycles. The second-order valence-electron chi connectivity index (χ2n) is 7.02. The van der Waals surface area contributed by atoms with Crippen molar-refractivity contribution in [2.45, 2.75) is 33.7 Å². The minimum absolute atomic E-state index is 0. The van der Waals surface area contributed by atoms with Crippen molar-refractivity contribution in [2.24, 2.45) is 10.9 Å². The van der Waals surface area contributed by atoms with Gasteiger partial charge in [-0.3, -0.25) is 9.89 Å². The molecule has 0 amide bonds. The van der Waals surface area contributed by atoms with Gasteiger partial charge in [0.05, 0.1) is 31.6 Å². The van der Waals surface area contributed by atoms with Crippen LogP contribution in [-0.4, -0.2) is 74.9 Å².